The number of para-hydroxylation sites is 1. The average molecular weight is 544 g/mol. The number of hydrogen-bond donors (Lipinski definition) is 1. The topological polar surface area (TPSA) is 72.8 Å². The number of rotatable bonds is 7. The molecule has 0 bridgehead atoms. The van der Waals surface area contributed by atoms with Crippen molar-refractivity contribution < 1.29 is 14.3 Å². The van der Waals surface area contributed by atoms with Crippen molar-refractivity contribution in [2.75, 3.05) is 25.1 Å². The molecule has 0 aliphatic carbocycles. The van der Waals surface area contributed by atoms with Crippen LogP contribution in [0.5, 0.6) is 0 Å². The number of hydrogen-bond acceptors (Lipinski definition) is 6. The third kappa shape index (κ3) is 5.37. The third-order valence-electron chi connectivity index (χ3n) is 7.49. The summed E-state index contributed by atoms with van der Waals surface area (Å²) in [6.45, 7) is 3.93. The van der Waals surface area contributed by atoms with Crippen LogP contribution < -0.4 is 10.9 Å². The van der Waals surface area contributed by atoms with Crippen molar-refractivity contribution in [2.45, 2.75) is 51.4 Å². The van der Waals surface area contributed by atoms with Crippen LogP contribution in [0.15, 0.2) is 71.5 Å². The summed E-state index contributed by atoms with van der Waals surface area (Å²) in [5.41, 5.74) is 3.40. The van der Waals surface area contributed by atoms with E-state index in [0.29, 0.717) is 18.0 Å². The van der Waals surface area contributed by atoms with E-state index in [9.17, 15) is 9.59 Å². The van der Waals surface area contributed by atoms with E-state index in [2.05, 4.69) is 11.4 Å². The second-order valence-corrected chi connectivity index (χ2v) is 11.3. The van der Waals surface area contributed by atoms with E-state index in [0.717, 1.165) is 71.6 Å². The normalized spacial score (nSPS) is 19.5. The second kappa shape index (κ2) is 11.3. The summed E-state index contributed by atoms with van der Waals surface area (Å²) in [5.74, 6) is -0.0333. The number of fused-ring (bicyclic) bond motifs is 1. The van der Waals surface area contributed by atoms with Gasteiger partial charge >= 0.3 is 0 Å². The highest BCUT2D eigenvalue weighted by Gasteiger charge is 2.34. The zero-order valence-electron chi connectivity index (χ0n) is 22.1. The van der Waals surface area contributed by atoms with Gasteiger partial charge in [-0.25, -0.2) is 0 Å². The van der Waals surface area contributed by atoms with E-state index in [4.69, 9.17) is 9.47 Å². The first-order chi connectivity index (χ1) is 19.1. The first-order valence-corrected chi connectivity index (χ1v) is 14.5. The first kappa shape index (κ1) is 25.8. The number of aromatic nitrogens is 1. The van der Waals surface area contributed by atoms with Gasteiger partial charge in [0.1, 0.15) is 9.71 Å². The molecule has 1 unspecified atom stereocenters. The molecule has 1 N–H and O–H groups in total. The zero-order valence-corrected chi connectivity index (χ0v) is 22.9. The van der Waals surface area contributed by atoms with Gasteiger partial charge in [-0.2, -0.15) is 0 Å². The Hall–Kier alpha value is -3.46. The predicted molar refractivity (Wildman–Crippen MR) is 155 cm³/mol. The molecule has 6 rings (SSSR count). The van der Waals surface area contributed by atoms with Gasteiger partial charge < -0.3 is 19.7 Å². The van der Waals surface area contributed by atoms with Crippen molar-refractivity contribution in [1.29, 1.82) is 0 Å². The lowest BCUT2D eigenvalue weighted by Gasteiger charge is -2.28. The predicted octanol–water partition coefficient (Wildman–Crippen LogP) is 6.25. The molecule has 2 atom stereocenters. The average Bonchev–Trinajstić information content (AvgIpc) is 3.57. The monoisotopic (exact) mass is 543 g/mol. The lowest BCUT2D eigenvalue weighted by atomic mass is 10.2. The Morgan fingerprint density at radius 1 is 1.05 bits per heavy atom. The fourth-order valence-corrected chi connectivity index (χ4v) is 6.74. The molecule has 7 nitrogen and oxygen atoms in total. The van der Waals surface area contributed by atoms with E-state index in [1.165, 1.54) is 11.3 Å². The number of carbonyl (C=O) groups is 1. The maximum absolute atomic E-state index is 14.2. The molecule has 2 aromatic carbocycles. The standard InChI is InChI=1S/C31H33N3O4S/c1-21-9-7-10-22(19-21)32-28-25-15-16-26(35)34(23-11-3-2-4-12-23)31(25)39-29(28)30(36)33-17-8-13-24(33)20-38-27-14-5-6-18-37-27/h2-4,7,9-12,15-16,19,24,27,32H,5-6,8,13-14,17-18,20H2,1H3/t24-,27?/m1/s1. The number of thiophene rings is 1. The SMILES string of the molecule is Cc1cccc(Nc2c(C(=O)N3CCC[C@@H]3COC3CCCCO3)sc3c2ccc(=O)n3-c2ccccc2)c1. The highest BCUT2D eigenvalue weighted by atomic mass is 32.1. The van der Waals surface area contributed by atoms with E-state index >= 15 is 0 Å². The molecular weight excluding hydrogens is 510 g/mol. The Labute approximate surface area is 232 Å². The first-order valence-electron chi connectivity index (χ1n) is 13.7. The molecular formula is C31H33N3O4S. The van der Waals surface area contributed by atoms with Crippen LogP contribution in [0.25, 0.3) is 15.9 Å². The Balaban J connectivity index is 1.39. The number of pyridine rings is 1. The Kier molecular flexibility index (Phi) is 7.50. The lowest BCUT2D eigenvalue weighted by molar-refractivity contribution is -0.168. The van der Waals surface area contributed by atoms with Crippen molar-refractivity contribution in [3.63, 3.8) is 0 Å². The summed E-state index contributed by atoms with van der Waals surface area (Å²) < 4.78 is 13.6. The molecule has 4 aromatic rings. The largest absolute Gasteiger partial charge is 0.354 e. The highest BCUT2D eigenvalue weighted by molar-refractivity contribution is 7.21. The van der Waals surface area contributed by atoms with Crippen LogP contribution in [0.3, 0.4) is 0 Å². The fraction of sp³-hybridized carbons (Fsp3) is 0.355. The van der Waals surface area contributed by atoms with Crippen LogP contribution in [0.1, 0.15) is 47.3 Å². The Morgan fingerprint density at radius 2 is 1.92 bits per heavy atom. The van der Waals surface area contributed by atoms with Crippen LogP contribution >= 0.6 is 11.3 Å². The molecule has 2 aliphatic heterocycles. The maximum Gasteiger partial charge on any atom is 0.266 e. The van der Waals surface area contributed by atoms with E-state index < -0.39 is 0 Å². The number of amides is 1. The minimum Gasteiger partial charge on any atom is -0.354 e. The van der Waals surface area contributed by atoms with Crippen molar-refractivity contribution in [1.82, 2.24) is 9.47 Å². The van der Waals surface area contributed by atoms with Gasteiger partial charge in [0.2, 0.25) is 0 Å². The van der Waals surface area contributed by atoms with Crippen molar-refractivity contribution >= 4 is 38.8 Å². The number of likely N-dealkylation sites (tertiary alicyclic amines) is 1. The van der Waals surface area contributed by atoms with Crippen LogP contribution in [-0.2, 0) is 9.47 Å². The number of nitrogens with one attached hydrogen (secondary N) is 1. The Morgan fingerprint density at radius 3 is 2.72 bits per heavy atom. The number of anilines is 2. The number of ether oxygens (including phenoxy) is 2. The van der Waals surface area contributed by atoms with Gasteiger partial charge in [0.15, 0.2) is 6.29 Å². The highest BCUT2D eigenvalue weighted by Crippen LogP contribution is 2.39. The molecule has 2 fully saturated rings. The van der Waals surface area contributed by atoms with E-state index in [1.807, 2.05) is 66.4 Å². The van der Waals surface area contributed by atoms with E-state index in [1.54, 1.807) is 10.6 Å². The summed E-state index contributed by atoms with van der Waals surface area (Å²) in [6, 6.07) is 21.1. The smallest absolute Gasteiger partial charge is 0.266 e. The summed E-state index contributed by atoms with van der Waals surface area (Å²) in [6.07, 6.45) is 4.74. The molecule has 2 aromatic heterocycles. The summed E-state index contributed by atoms with van der Waals surface area (Å²) >= 11 is 1.37. The molecule has 4 heterocycles. The minimum absolute atomic E-state index is 0.00336. The van der Waals surface area contributed by atoms with Gasteiger partial charge in [0.25, 0.3) is 11.5 Å². The molecule has 2 saturated heterocycles. The molecule has 2 aliphatic rings. The molecule has 39 heavy (non-hydrogen) atoms. The van der Waals surface area contributed by atoms with Crippen LogP contribution in [0, 0.1) is 6.92 Å². The second-order valence-electron chi connectivity index (χ2n) is 10.3. The molecule has 8 heteroatoms. The number of carbonyl (C=O) groups excluding carboxylic acids is 1. The molecule has 0 saturated carbocycles. The third-order valence-corrected chi connectivity index (χ3v) is 8.67. The van der Waals surface area contributed by atoms with Crippen LogP contribution in [0.4, 0.5) is 11.4 Å². The number of nitrogens with zero attached hydrogens (tertiary/aromatic N) is 2. The van der Waals surface area contributed by atoms with Gasteiger partial charge in [0.05, 0.1) is 24.0 Å². The maximum atomic E-state index is 14.2. The molecule has 1 amide bonds. The summed E-state index contributed by atoms with van der Waals surface area (Å²) in [5, 5.41) is 4.38. The van der Waals surface area contributed by atoms with Gasteiger partial charge in [-0.15, -0.1) is 11.3 Å². The summed E-state index contributed by atoms with van der Waals surface area (Å²) in [4.78, 5) is 30.6. The molecule has 0 spiro atoms. The minimum atomic E-state index is -0.181. The van der Waals surface area contributed by atoms with Gasteiger partial charge in [-0.3, -0.25) is 14.2 Å². The van der Waals surface area contributed by atoms with Gasteiger partial charge in [-0.1, -0.05) is 30.3 Å². The fourth-order valence-electron chi connectivity index (χ4n) is 5.51. The lowest BCUT2D eigenvalue weighted by Crippen LogP contribution is -2.39. The zero-order chi connectivity index (χ0) is 26.8. The van der Waals surface area contributed by atoms with Crippen molar-refractivity contribution in [2.24, 2.45) is 0 Å². The number of benzene rings is 2. The van der Waals surface area contributed by atoms with Crippen molar-refractivity contribution in [3.05, 3.63) is 87.5 Å². The van der Waals surface area contributed by atoms with E-state index in [-0.39, 0.29) is 23.8 Å². The molecule has 0 radical (unpaired) electrons. The number of aryl methyl sites for hydroxylation is 1. The van der Waals surface area contributed by atoms with Crippen LogP contribution in [-0.4, -0.2) is 47.5 Å². The quantitative estimate of drug-likeness (QED) is 0.298. The van der Waals surface area contributed by atoms with Crippen molar-refractivity contribution in [3.8, 4) is 5.69 Å². The summed E-state index contributed by atoms with van der Waals surface area (Å²) in [7, 11) is 0. The van der Waals surface area contributed by atoms with Gasteiger partial charge in [-0.05, 0) is 74.9 Å². The molecule has 202 valence electrons. The van der Waals surface area contributed by atoms with Gasteiger partial charge in [0, 0.05) is 30.3 Å². The van der Waals surface area contributed by atoms with Crippen LogP contribution in [0.2, 0.25) is 0 Å². The Bertz CT molecular complexity index is 1520.